The summed E-state index contributed by atoms with van der Waals surface area (Å²) < 4.78 is 6.65. The van der Waals surface area contributed by atoms with Crippen LogP contribution in [0.4, 0.5) is 0 Å². The number of fused-ring (bicyclic) bond motifs is 8. The molecule has 0 aliphatic rings. The van der Waals surface area contributed by atoms with Crippen molar-refractivity contribution in [2.24, 2.45) is 0 Å². The number of hydrogen-bond acceptors (Lipinski definition) is 3. The molecule has 4 heteroatoms. The van der Waals surface area contributed by atoms with Gasteiger partial charge in [0.15, 0.2) is 0 Å². The molecule has 3 aromatic heterocycles. The fourth-order valence-electron chi connectivity index (χ4n) is 6.81. The van der Waals surface area contributed by atoms with E-state index < -0.39 is 0 Å². The van der Waals surface area contributed by atoms with Crippen LogP contribution < -0.4 is 0 Å². The van der Waals surface area contributed by atoms with Crippen molar-refractivity contribution in [3.63, 3.8) is 0 Å². The summed E-state index contributed by atoms with van der Waals surface area (Å²) >= 11 is 0. The summed E-state index contributed by atoms with van der Waals surface area (Å²) in [5, 5.41) is 9.44. The van der Waals surface area contributed by atoms with Crippen LogP contribution in [-0.2, 0) is 20.1 Å². The van der Waals surface area contributed by atoms with E-state index in [1.54, 1.807) is 6.20 Å². The number of benzene rings is 7. The summed E-state index contributed by atoms with van der Waals surface area (Å²) in [6.07, 6.45) is 3.69. The second-order valence-electron chi connectivity index (χ2n) is 11.9. The first-order valence-corrected chi connectivity index (χ1v) is 16.3. The number of nitrogens with zero attached hydrogens (tertiary/aromatic N) is 2. The number of aromatic nitrogens is 2. The molecule has 0 amide bonds. The topological polar surface area (TPSA) is 38.9 Å². The molecule has 50 heavy (non-hydrogen) atoms. The molecule has 0 spiro atoms. The van der Waals surface area contributed by atoms with Crippen LogP contribution >= 0.6 is 0 Å². The molecule has 239 valence electrons. The monoisotopic (exact) mass is 817 g/mol. The Morgan fingerprint density at radius 1 is 0.440 bits per heavy atom. The van der Waals surface area contributed by atoms with Crippen molar-refractivity contribution < 1.29 is 24.5 Å². The van der Waals surface area contributed by atoms with Crippen LogP contribution in [0.1, 0.15) is 0 Å². The maximum Gasteiger partial charge on any atom is 0.128 e. The zero-order valence-corrected chi connectivity index (χ0v) is 29.2. The van der Waals surface area contributed by atoms with Gasteiger partial charge in [0.1, 0.15) is 5.58 Å². The second kappa shape index (κ2) is 13.5. The molecule has 0 fully saturated rings. The van der Waals surface area contributed by atoms with E-state index in [0.29, 0.717) is 0 Å². The van der Waals surface area contributed by atoms with Crippen molar-refractivity contribution in [3.8, 4) is 33.6 Å². The normalized spacial score (nSPS) is 11.0. The average molecular weight is 817 g/mol. The minimum Gasteiger partial charge on any atom is -0.500 e. The summed E-state index contributed by atoms with van der Waals surface area (Å²) in [4.78, 5) is 9.07. The Hall–Kier alpha value is -5.93. The fraction of sp³-hybridized carbons (Fsp3) is 0. The Balaban J connectivity index is 0.000000236. The Labute approximate surface area is 303 Å². The minimum absolute atomic E-state index is 0. The largest absolute Gasteiger partial charge is 0.500 e. The van der Waals surface area contributed by atoms with Gasteiger partial charge in [0.2, 0.25) is 0 Å². The van der Waals surface area contributed by atoms with Gasteiger partial charge in [-0.25, -0.2) is 0 Å². The van der Waals surface area contributed by atoms with Crippen LogP contribution in [0.5, 0.6) is 0 Å². The zero-order valence-electron chi connectivity index (χ0n) is 26.8. The van der Waals surface area contributed by atoms with Gasteiger partial charge in [0.05, 0.1) is 5.58 Å². The summed E-state index contributed by atoms with van der Waals surface area (Å²) in [6.45, 7) is 0. The first kappa shape index (κ1) is 31.3. The quantitative estimate of drug-likeness (QED) is 0.132. The number of pyridine rings is 2. The van der Waals surface area contributed by atoms with E-state index >= 15 is 0 Å². The van der Waals surface area contributed by atoms with Crippen molar-refractivity contribution in [2.75, 3.05) is 0 Å². The van der Waals surface area contributed by atoms with Crippen molar-refractivity contribution in [1.29, 1.82) is 0 Å². The van der Waals surface area contributed by atoms with Crippen LogP contribution in [0.2, 0.25) is 0 Å². The molecular weight excluding hydrogens is 789 g/mol. The SMILES string of the molecule is [Ir].[c-]1ccc2c(oc3c(-c4ccccc4)cccc32)c1-c1nccc2c1ccc1c3ccccc3ccc21.[c-]1ccccc1-c1ccccn1. The van der Waals surface area contributed by atoms with E-state index in [1.165, 1.54) is 26.9 Å². The Bertz CT molecular complexity index is 2720. The van der Waals surface area contributed by atoms with Gasteiger partial charge in [0, 0.05) is 43.4 Å². The molecule has 0 unspecified atom stereocenters. The van der Waals surface area contributed by atoms with Gasteiger partial charge in [-0.15, -0.1) is 54.1 Å². The third kappa shape index (κ3) is 5.55. The number of para-hydroxylation sites is 1. The summed E-state index contributed by atoms with van der Waals surface area (Å²) in [5.74, 6) is 0. The molecular formula is C46H28IrN2O-2. The summed E-state index contributed by atoms with van der Waals surface area (Å²) in [7, 11) is 0. The van der Waals surface area contributed by atoms with Crippen LogP contribution in [-0.4, -0.2) is 9.97 Å². The first-order valence-electron chi connectivity index (χ1n) is 16.3. The number of furan rings is 1. The van der Waals surface area contributed by atoms with E-state index in [9.17, 15) is 0 Å². The molecule has 7 aromatic carbocycles. The maximum atomic E-state index is 6.65. The standard InChI is InChI=1S/C35H20NO.C11H8N.Ir/c1-2-8-22(9-3-1)25-12-6-13-30-31-14-7-15-32(35(31)37-34(25)30)33-29-19-18-26-24-11-5-4-10-23(24)16-17-27(26)28(29)20-21-36-33;1-2-6-10(7-3-1)11-8-4-5-9-12-11;/h1-14,16-21H;1-6,8-9H;/q2*-1;. The maximum absolute atomic E-state index is 6.65. The third-order valence-electron chi connectivity index (χ3n) is 9.10. The predicted molar refractivity (Wildman–Crippen MR) is 202 cm³/mol. The molecule has 10 rings (SSSR count). The molecule has 10 aromatic rings. The first-order chi connectivity index (χ1) is 24.3. The van der Waals surface area contributed by atoms with E-state index in [4.69, 9.17) is 9.40 Å². The summed E-state index contributed by atoms with van der Waals surface area (Å²) in [6, 6.07) is 60.6. The average Bonchev–Trinajstić information content (AvgIpc) is 3.58. The molecule has 0 bridgehead atoms. The Morgan fingerprint density at radius 3 is 2.04 bits per heavy atom. The van der Waals surface area contributed by atoms with E-state index in [0.717, 1.165) is 61.0 Å². The number of hydrogen-bond donors (Lipinski definition) is 0. The molecule has 3 nitrogen and oxygen atoms in total. The second-order valence-corrected chi connectivity index (χ2v) is 11.9. The third-order valence-corrected chi connectivity index (χ3v) is 9.10. The molecule has 0 N–H and O–H groups in total. The van der Waals surface area contributed by atoms with Gasteiger partial charge in [0.25, 0.3) is 0 Å². The van der Waals surface area contributed by atoms with Crippen molar-refractivity contribution in [3.05, 3.63) is 182 Å². The van der Waals surface area contributed by atoms with Crippen molar-refractivity contribution in [1.82, 2.24) is 9.97 Å². The van der Waals surface area contributed by atoms with E-state index in [1.807, 2.05) is 60.8 Å². The predicted octanol–water partition coefficient (Wildman–Crippen LogP) is 12.1. The van der Waals surface area contributed by atoms with Crippen molar-refractivity contribution in [2.45, 2.75) is 0 Å². The molecule has 0 saturated heterocycles. The Kier molecular flexibility index (Phi) is 8.48. The molecule has 0 aliphatic heterocycles. The van der Waals surface area contributed by atoms with Gasteiger partial charge >= 0.3 is 0 Å². The van der Waals surface area contributed by atoms with Gasteiger partial charge in [-0.1, -0.05) is 120 Å². The van der Waals surface area contributed by atoms with Crippen LogP contribution in [0, 0.1) is 12.1 Å². The zero-order chi connectivity index (χ0) is 32.6. The molecule has 3 heterocycles. The van der Waals surface area contributed by atoms with E-state index in [2.05, 4.69) is 120 Å². The van der Waals surface area contributed by atoms with Crippen LogP contribution in [0.15, 0.2) is 175 Å². The van der Waals surface area contributed by atoms with Gasteiger partial charge in [-0.05, 0) is 61.4 Å². The molecule has 0 aliphatic carbocycles. The van der Waals surface area contributed by atoms with Crippen LogP contribution in [0.3, 0.4) is 0 Å². The van der Waals surface area contributed by atoms with Gasteiger partial charge in [-0.2, -0.15) is 0 Å². The molecule has 1 radical (unpaired) electrons. The van der Waals surface area contributed by atoms with E-state index in [-0.39, 0.29) is 20.1 Å². The summed E-state index contributed by atoms with van der Waals surface area (Å²) in [5.41, 5.74) is 7.72. The Morgan fingerprint density at radius 2 is 1.18 bits per heavy atom. The fourth-order valence-corrected chi connectivity index (χ4v) is 6.81. The molecule has 0 saturated carbocycles. The van der Waals surface area contributed by atoms with Gasteiger partial charge < -0.3 is 14.4 Å². The van der Waals surface area contributed by atoms with Gasteiger partial charge in [-0.3, -0.25) is 0 Å². The van der Waals surface area contributed by atoms with Crippen molar-refractivity contribution >= 4 is 54.3 Å². The molecule has 0 atom stereocenters. The number of rotatable bonds is 3. The minimum atomic E-state index is 0. The van der Waals surface area contributed by atoms with Crippen LogP contribution in [0.25, 0.3) is 87.9 Å². The smallest absolute Gasteiger partial charge is 0.128 e.